The van der Waals surface area contributed by atoms with Gasteiger partial charge in [-0.2, -0.15) is 13.2 Å². The Balaban J connectivity index is 2.33. The highest BCUT2D eigenvalue weighted by atomic mass is 19.4. The molecule has 0 aliphatic carbocycles. The van der Waals surface area contributed by atoms with E-state index in [-0.39, 0.29) is 23.9 Å². The number of carbonyl (C=O) groups is 1. The molecule has 1 aromatic rings. The zero-order valence-electron chi connectivity index (χ0n) is 10.3. The van der Waals surface area contributed by atoms with Gasteiger partial charge in [0.05, 0.1) is 11.3 Å². The van der Waals surface area contributed by atoms with Crippen molar-refractivity contribution in [3.63, 3.8) is 0 Å². The SMILES string of the molecule is C=CCC1CC(=O)N(c2ccccc2C(F)(F)F)C1. The van der Waals surface area contributed by atoms with Crippen molar-refractivity contribution in [1.82, 2.24) is 0 Å². The number of benzene rings is 1. The van der Waals surface area contributed by atoms with Gasteiger partial charge in [0.25, 0.3) is 0 Å². The average molecular weight is 269 g/mol. The van der Waals surface area contributed by atoms with Crippen LogP contribution in [-0.4, -0.2) is 12.5 Å². The van der Waals surface area contributed by atoms with Gasteiger partial charge in [-0.25, -0.2) is 0 Å². The second kappa shape index (κ2) is 5.07. The lowest BCUT2D eigenvalue weighted by Crippen LogP contribution is -2.27. The van der Waals surface area contributed by atoms with Crippen LogP contribution in [0.1, 0.15) is 18.4 Å². The van der Waals surface area contributed by atoms with Crippen molar-refractivity contribution in [2.45, 2.75) is 19.0 Å². The van der Waals surface area contributed by atoms with E-state index in [0.29, 0.717) is 13.0 Å². The topological polar surface area (TPSA) is 20.3 Å². The van der Waals surface area contributed by atoms with Crippen LogP contribution in [0.2, 0.25) is 0 Å². The van der Waals surface area contributed by atoms with E-state index in [2.05, 4.69) is 6.58 Å². The molecule has 1 saturated heterocycles. The van der Waals surface area contributed by atoms with E-state index < -0.39 is 11.7 Å². The van der Waals surface area contributed by atoms with Gasteiger partial charge in [-0.1, -0.05) is 18.2 Å². The first-order valence-electron chi connectivity index (χ1n) is 6.01. The molecule has 2 nitrogen and oxygen atoms in total. The lowest BCUT2D eigenvalue weighted by atomic mass is 10.1. The number of allylic oxidation sites excluding steroid dienone is 1. The number of nitrogens with zero attached hydrogens (tertiary/aromatic N) is 1. The van der Waals surface area contributed by atoms with Gasteiger partial charge < -0.3 is 4.90 Å². The Morgan fingerprint density at radius 3 is 2.68 bits per heavy atom. The number of hydrogen-bond acceptors (Lipinski definition) is 1. The fourth-order valence-corrected chi connectivity index (χ4v) is 2.36. The monoisotopic (exact) mass is 269 g/mol. The number of hydrogen-bond donors (Lipinski definition) is 0. The highest BCUT2D eigenvalue weighted by Gasteiger charge is 2.38. The Labute approximate surface area is 109 Å². The number of alkyl halides is 3. The molecule has 1 unspecified atom stereocenters. The summed E-state index contributed by atoms with van der Waals surface area (Å²) in [6.07, 6.45) is -1.85. The Morgan fingerprint density at radius 1 is 1.37 bits per heavy atom. The molecule has 5 heteroatoms. The van der Waals surface area contributed by atoms with E-state index in [4.69, 9.17) is 0 Å². The molecule has 0 saturated carbocycles. The van der Waals surface area contributed by atoms with Crippen LogP contribution in [0.15, 0.2) is 36.9 Å². The first-order chi connectivity index (χ1) is 8.93. The molecule has 0 radical (unpaired) electrons. The summed E-state index contributed by atoms with van der Waals surface area (Å²) in [5.41, 5.74) is -0.811. The van der Waals surface area contributed by atoms with Gasteiger partial charge in [0.1, 0.15) is 0 Å². The van der Waals surface area contributed by atoms with E-state index in [1.807, 2.05) is 0 Å². The lowest BCUT2D eigenvalue weighted by molar-refractivity contribution is -0.137. The van der Waals surface area contributed by atoms with Crippen molar-refractivity contribution in [3.8, 4) is 0 Å². The minimum Gasteiger partial charge on any atom is -0.312 e. The zero-order valence-corrected chi connectivity index (χ0v) is 10.3. The third-order valence-corrected chi connectivity index (χ3v) is 3.21. The highest BCUT2D eigenvalue weighted by molar-refractivity contribution is 5.96. The summed E-state index contributed by atoms with van der Waals surface area (Å²) in [7, 11) is 0. The van der Waals surface area contributed by atoms with E-state index in [9.17, 15) is 18.0 Å². The van der Waals surface area contributed by atoms with E-state index in [1.165, 1.54) is 23.1 Å². The summed E-state index contributed by atoms with van der Waals surface area (Å²) in [6.45, 7) is 3.91. The number of halogens is 3. The van der Waals surface area contributed by atoms with Crippen molar-refractivity contribution < 1.29 is 18.0 Å². The van der Waals surface area contributed by atoms with Crippen LogP contribution < -0.4 is 4.90 Å². The molecule has 0 N–H and O–H groups in total. The molecule has 0 spiro atoms. The second-order valence-electron chi connectivity index (χ2n) is 4.61. The molecule has 1 heterocycles. The molecule has 19 heavy (non-hydrogen) atoms. The van der Waals surface area contributed by atoms with Crippen molar-refractivity contribution in [2.24, 2.45) is 5.92 Å². The fraction of sp³-hybridized carbons (Fsp3) is 0.357. The van der Waals surface area contributed by atoms with Gasteiger partial charge in [-0.05, 0) is 24.5 Å². The summed E-state index contributed by atoms with van der Waals surface area (Å²) in [4.78, 5) is 13.1. The molecule has 1 aromatic carbocycles. The number of para-hydroxylation sites is 1. The molecule has 2 rings (SSSR count). The lowest BCUT2D eigenvalue weighted by Gasteiger charge is -2.21. The number of carbonyl (C=O) groups excluding carboxylic acids is 1. The molecule has 102 valence electrons. The standard InChI is InChI=1S/C14H14F3NO/c1-2-5-10-8-13(19)18(9-10)12-7-4-3-6-11(12)14(15,16)17/h2-4,6-7,10H,1,5,8-9H2. The maximum Gasteiger partial charge on any atom is 0.418 e. The van der Waals surface area contributed by atoms with Gasteiger partial charge in [0.15, 0.2) is 0 Å². The van der Waals surface area contributed by atoms with E-state index in [0.717, 1.165) is 6.07 Å². The molecular formula is C14H14F3NO. The molecule has 1 aliphatic heterocycles. The Hall–Kier alpha value is -1.78. The molecule has 1 atom stereocenters. The maximum absolute atomic E-state index is 12.9. The van der Waals surface area contributed by atoms with Gasteiger partial charge in [0.2, 0.25) is 5.91 Å². The zero-order chi connectivity index (χ0) is 14.0. The first kappa shape index (κ1) is 13.6. The molecule has 1 aliphatic rings. The van der Waals surface area contributed by atoms with Crippen LogP contribution >= 0.6 is 0 Å². The molecule has 1 fully saturated rings. The van der Waals surface area contributed by atoms with Gasteiger partial charge >= 0.3 is 6.18 Å². The number of amides is 1. The first-order valence-corrected chi connectivity index (χ1v) is 6.01. The summed E-state index contributed by atoms with van der Waals surface area (Å²) >= 11 is 0. The van der Waals surface area contributed by atoms with Gasteiger partial charge in [-0.15, -0.1) is 6.58 Å². The largest absolute Gasteiger partial charge is 0.418 e. The van der Waals surface area contributed by atoms with Crippen molar-refractivity contribution in [3.05, 3.63) is 42.5 Å². The van der Waals surface area contributed by atoms with E-state index >= 15 is 0 Å². The third-order valence-electron chi connectivity index (χ3n) is 3.21. The fourth-order valence-electron chi connectivity index (χ4n) is 2.36. The van der Waals surface area contributed by atoms with Crippen molar-refractivity contribution in [2.75, 3.05) is 11.4 Å². The predicted molar refractivity (Wildman–Crippen MR) is 66.7 cm³/mol. The Morgan fingerprint density at radius 2 is 2.05 bits per heavy atom. The molecule has 1 amide bonds. The Kier molecular flexibility index (Phi) is 3.64. The quantitative estimate of drug-likeness (QED) is 0.767. The number of rotatable bonds is 3. The average Bonchev–Trinajstić information content (AvgIpc) is 2.70. The smallest absolute Gasteiger partial charge is 0.312 e. The van der Waals surface area contributed by atoms with Gasteiger partial charge in [-0.3, -0.25) is 4.79 Å². The molecule has 0 aromatic heterocycles. The minimum atomic E-state index is -4.45. The summed E-state index contributed by atoms with van der Waals surface area (Å²) in [6, 6.07) is 5.19. The van der Waals surface area contributed by atoms with Gasteiger partial charge in [0, 0.05) is 13.0 Å². The van der Waals surface area contributed by atoms with Crippen molar-refractivity contribution in [1.29, 1.82) is 0 Å². The summed E-state index contributed by atoms with van der Waals surface area (Å²) in [5, 5.41) is 0. The van der Waals surface area contributed by atoms with E-state index in [1.54, 1.807) is 6.08 Å². The molecular weight excluding hydrogens is 255 g/mol. The Bertz CT molecular complexity index is 496. The van der Waals surface area contributed by atoms with Crippen LogP contribution in [0, 0.1) is 5.92 Å². The number of anilines is 1. The summed E-state index contributed by atoms with van der Waals surface area (Å²) in [5.74, 6) is -0.213. The minimum absolute atomic E-state index is 0.0475. The normalized spacial score (nSPS) is 19.8. The summed E-state index contributed by atoms with van der Waals surface area (Å²) < 4.78 is 38.8. The molecule has 0 bridgehead atoms. The van der Waals surface area contributed by atoms with Crippen LogP contribution in [-0.2, 0) is 11.0 Å². The highest BCUT2D eigenvalue weighted by Crippen LogP contribution is 2.38. The van der Waals surface area contributed by atoms with Crippen LogP contribution in [0.5, 0.6) is 0 Å². The maximum atomic E-state index is 12.9. The van der Waals surface area contributed by atoms with Crippen LogP contribution in [0.4, 0.5) is 18.9 Å². The third kappa shape index (κ3) is 2.80. The van der Waals surface area contributed by atoms with Crippen molar-refractivity contribution >= 4 is 11.6 Å². The predicted octanol–water partition coefficient (Wildman–Crippen LogP) is 3.63. The van der Waals surface area contributed by atoms with Crippen LogP contribution in [0.3, 0.4) is 0 Å². The van der Waals surface area contributed by atoms with Crippen LogP contribution in [0.25, 0.3) is 0 Å². The second-order valence-corrected chi connectivity index (χ2v) is 4.61.